The zero-order chi connectivity index (χ0) is 17.5. The van der Waals surface area contributed by atoms with Gasteiger partial charge in [-0.05, 0) is 26.3 Å². The van der Waals surface area contributed by atoms with Crippen LogP contribution in [0, 0.1) is 6.92 Å². The first kappa shape index (κ1) is 19.0. The summed E-state index contributed by atoms with van der Waals surface area (Å²) < 4.78 is 1.58. The minimum atomic E-state index is -0.0219. The molecule has 1 fully saturated rings. The number of nitrogens with zero attached hydrogens (tertiary/aromatic N) is 4. The molecule has 0 spiro atoms. The standard InChI is InChI=1S/C17H28N4O2S/c1-4-20-8-10-21(11-9-20)15(22)7-5-6-12-24-17-18-14(2)13-16(23)19(17)3/h13H,4-12H2,1-3H3. The number of carbonyl (C=O) groups excluding carboxylic acids is 1. The summed E-state index contributed by atoms with van der Waals surface area (Å²) >= 11 is 1.59. The molecule has 2 heterocycles. The van der Waals surface area contributed by atoms with E-state index in [1.807, 2.05) is 11.8 Å². The van der Waals surface area contributed by atoms with E-state index in [1.165, 1.54) is 0 Å². The number of thioether (sulfide) groups is 1. The van der Waals surface area contributed by atoms with Gasteiger partial charge in [-0.15, -0.1) is 0 Å². The number of hydrogen-bond donors (Lipinski definition) is 0. The second-order valence-corrected chi connectivity index (χ2v) is 7.26. The number of aromatic nitrogens is 2. The van der Waals surface area contributed by atoms with Crippen molar-refractivity contribution in [1.29, 1.82) is 0 Å². The van der Waals surface area contributed by atoms with Gasteiger partial charge in [0.05, 0.1) is 0 Å². The molecule has 134 valence electrons. The lowest BCUT2D eigenvalue weighted by Gasteiger charge is -2.34. The van der Waals surface area contributed by atoms with Crippen LogP contribution >= 0.6 is 11.8 Å². The molecule has 0 saturated carbocycles. The van der Waals surface area contributed by atoms with Gasteiger partial charge in [0.1, 0.15) is 0 Å². The maximum Gasteiger partial charge on any atom is 0.254 e. The minimum Gasteiger partial charge on any atom is -0.340 e. The Kier molecular flexibility index (Phi) is 7.30. The van der Waals surface area contributed by atoms with Gasteiger partial charge in [0.2, 0.25) is 5.91 Å². The zero-order valence-electron chi connectivity index (χ0n) is 15.0. The maximum atomic E-state index is 12.2. The van der Waals surface area contributed by atoms with Crippen molar-refractivity contribution in [2.75, 3.05) is 38.5 Å². The van der Waals surface area contributed by atoms with Gasteiger partial charge in [-0.2, -0.15) is 0 Å². The normalized spacial score (nSPS) is 15.7. The van der Waals surface area contributed by atoms with E-state index >= 15 is 0 Å². The second-order valence-electron chi connectivity index (χ2n) is 6.20. The summed E-state index contributed by atoms with van der Waals surface area (Å²) in [5.74, 6) is 1.15. The Labute approximate surface area is 148 Å². The first-order chi connectivity index (χ1) is 11.5. The van der Waals surface area contributed by atoms with Crippen molar-refractivity contribution in [3.63, 3.8) is 0 Å². The van der Waals surface area contributed by atoms with Gasteiger partial charge in [-0.25, -0.2) is 4.98 Å². The Hall–Kier alpha value is -1.34. The number of unbranched alkanes of at least 4 members (excludes halogenated alkanes) is 1. The number of aryl methyl sites for hydroxylation is 1. The molecule has 24 heavy (non-hydrogen) atoms. The van der Waals surface area contributed by atoms with Crippen LogP contribution in [0.2, 0.25) is 0 Å². The third-order valence-electron chi connectivity index (χ3n) is 4.41. The summed E-state index contributed by atoms with van der Waals surface area (Å²) in [7, 11) is 1.75. The van der Waals surface area contributed by atoms with E-state index in [0.29, 0.717) is 6.42 Å². The van der Waals surface area contributed by atoms with Crippen molar-refractivity contribution < 1.29 is 4.79 Å². The Morgan fingerprint density at radius 3 is 2.62 bits per heavy atom. The highest BCUT2D eigenvalue weighted by Gasteiger charge is 2.19. The number of hydrogen-bond acceptors (Lipinski definition) is 5. The molecule has 0 unspecified atom stereocenters. The topological polar surface area (TPSA) is 58.4 Å². The van der Waals surface area contributed by atoms with Crippen molar-refractivity contribution in [2.24, 2.45) is 7.05 Å². The fraction of sp³-hybridized carbons (Fsp3) is 0.706. The molecule has 1 aliphatic heterocycles. The molecule has 2 rings (SSSR count). The fourth-order valence-electron chi connectivity index (χ4n) is 2.77. The third kappa shape index (κ3) is 5.34. The predicted octanol–water partition coefficient (Wildman–Crippen LogP) is 1.52. The summed E-state index contributed by atoms with van der Waals surface area (Å²) in [6.07, 6.45) is 2.46. The summed E-state index contributed by atoms with van der Waals surface area (Å²) in [6, 6.07) is 1.54. The number of likely N-dealkylation sites (N-methyl/N-ethyl adjacent to an activating group) is 1. The van der Waals surface area contributed by atoms with Crippen LogP contribution in [0.25, 0.3) is 0 Å². The molecule has 0 radical (unpaired) electrons. The Morgan fingerprint density at radius 1 is 1.25 bits per heavy atom. The van der Waals surface area contributed by atoms with Crippen LogP contribution in [-0.4, -0.2) is 63.7 Å². The van der Waals surface area contributed by atoms with Crippen LogP contribution in [0.5, 0.6) is 0 Å². The maximum absolute atomic E-state index is 12.2. The third-order valence-corrected chi connectivity index (χ3v) is 5.53. The zero-order valence-corrected chi connectivity index (χ0v) is 15.8. The molecule has 1 saturated heterocycles. The Bertz CT molecular complexity index is 609. The van der Waals surface area contributed by atoms with Crippen molar-refractivity contribution in [3.8, 4) is 0 Å². The van der Waals surface area contributed by atoms with Crippen molar-refractivity contribution >= 4 is 17.7 Å². The molecule has 1 aromatic heterocycles. The monoisotopic (exact) mass is 352 g/mol. The van der Waals surface area contributed by atoms with E-state index in [-0.39, 0.29) is 11.5 Å². The van der Waals surface area contributed by atoms with Crippen molar-refractivity contribution in [2.45, 2.75) is 38.3 Å². The number of rotatable bonds is 7. The van der Waals surface area contributed by atoms with E-state index in [4.69, 9.17) is 0 Å². The lowest BCUT2D eigenvalue weighted by molar-refractivity contribution is -0.133. The molecule has 0 atom stereocenters. The second kappa shape index (κ2) is 9.22. The summed E-state index contributed by atoms with van der Waals surface area (Å²) in [5.41, 5.74) is 0.730. The SMILES string of the molecule is CCN1CCN(C(=O)CCCCSc2nc(C)cc(=O)n2C)CC1. The van der Waals surface area contributed by atoms with Gasteiger partial charge in [0.15, 0.2) is 5.16 Å². The van der Waals surface area contributed by atoms with Crippen LogP contribution in [0.15, 0.2) is 16.0 Å². The van der Waals surface area contributed by atoms with E-state index in [0.717, 1.165) is 62.2 Å². The lowest BCUT2D eigenvalue weighted by atomic mass is 10.2. The Morgan fingerprint density at radius 2 is 1.96 bits per heavy atom. The summed E-state index contributed by atoms with van der Waals surface area (Å²) in [4.78, 5) is 32.7. The smallest absolute Gasteiger partial charge is 0.254 e. The highest BCUT2D eigenvalue weighted by molar-refractivity contribution is 7.99. The van der Waals surface area contributed by atoms with Crippen LogP contribution in [0.3, 0.4) is 0 Å². The van der Waals surface area contributed by atoms with Gasteiger partial charge < -0.3 is 9.80 Å². The van der Waals surface area contributed by atoms with Crippen molar-refractivity contribution in [1.82, 2.24) is 19.4 Å². The van der Waals surface area contributed by atoms with Gasteiger partial charge in [0, 0.05) is 57.2 Å². The first-order valence-electron chi connectivity index (χ1n) is 8.69. The first-order valence-corrected chi connectivity index (χ1v) is 9.67. The summed E-state index contributed by atoms with van der Waals surface area (Å²) in [5, 5.41) is 0.752. The fourth-order valence-corrected chi connectivity index (χ4v) is 3.79. The van der Waals surface area contributed by atoms with Gasteiger partial charge in [-0.3, -0.25) is 14.2 Å². The number of carbonyl (C=O) groups is 1. The molecular weight excluding hydrogens is 324 g/mol. The van der Waals surface area contributed by atoms with E-state index in [1.54, 1.807) is 29.4 Å². The van der Waals surface area contributed by atoms with Crippen LogP contribution in [-0.2, 0) is 11.8 Å². The highest BCUT2D eigenvalue weighted by Crippen LogP contribution is 2.16. The molecule has 0 bridgehead atoms. The van der Waals surface area contributed by atoms with Crippen molar-refractivity contribution in [3.05, 3.63) is 22.1 Å². The molecule has 1 aliphatic rings. The summed E-state index contributed by atoms with van der Waals surface area (Å²) in [6.45, 7) is 8.76. The average molecular weight is 353 g/mol. The van der Waals surface area contributed by atoms with Gasteiger partial charge in [-0.1, -0.05) is 18.7 Å². The number of amides is 1. The van der Waals surface area contributed by atoms with E-state index in [9.17, 15) is 9.59 Å². The quantitative estimate of drug-likeness (QED) is 0.423. The van der Waals surface area contributed by atoms with Crippen LogP contribution in [0.4, 0.5) is 0 Å². The van der Waals surface area contributed by atoms with Crippen LogP contribution < -0.4 is 5.56 Å². The molecule has 0 N–H and O–H groups in total. The van der Waals surface area contributed by atoms with E-state index in [2.05, 4.69) is 16.8 Å². The molecule has 0 aromatic carbocycles. The van der Waals surface area contributed by atoms with Gasteiger partial charge in [0.25, 0.3) is 5.56 Å². The van der Waals surface area contributed by atoms with E-state index < -0.39 is 0 Å². The average Bonchev–Trinajstić information content (AvgIpc) is 2.58. The highest BCUT2D eigenvalue weighted by atomic mass is 32.2. The van der Waals surface area contributed by atoms with Crippen LogP contribution in [0.1, 0.15) is 31.9 Å². The molecule has 0 aliphatic carbocycles. The Balaban J connectivity index is 1.67. The molecule has 1 aromatic rings. The van der Waals surface area contributed by atoms with Gasteiger partial charge >= 0.3 is 0 Å². The molecule has 6 nitrogen and oxygen atoms in total. The largest absolute Gasteiger partial charge is 0.340 e. The minimum absolute atomic E-state index is 0.0219. The predicted molar refractivity (Wildman–Crippen MR) is 97.5 cm³/mol. The number of piperazine rings is 1. The molecular formula is C17H28N4O2S. The molecule has 7 heteroatoms. The lowest BCUT2D eigenvalue weighted by Crippen LogP contribution is -2.48. The molecule has 1 amide bonds.